The molecule has 3 rings (SSSR count). The van der Waals surface area contributed by atoms with E-state index in [0.717, 1.165) is 6.92 Å². The highest BCUT2D eigenvalue weighted by Crippen LogP contribution is 2.28. The third kappa shape index (κ3) is 2.31. The van der Waals surface area contributed by atoms with Crippen molar-refractivity contribution in [1.82, 2.24) is 19.5 Å². The second-order valence-corrected chi connectivity index (χ2v) is 4.88. The number of aromatic amines is 1. The van der Waals surface area contributed by atoms with Crippen LogP contribution in [-0.2, 0) is 5.92 Å². The van der Waals surface area contributed by atoms with Gasteiger partial charge in [0, 0.05) is 18.2 Å². The summed E-state index contributed by atoms with van der Waals surface area (Å²) < 4.78 is 28.3. The third-order valence-electron chi connectivity index (χ3n) is 3.16. The molecule has 3 aromatic rings. The van der Waals surface area contributed by atoms with E-state index in [2.05, 4.69) is 15.0 Å². The fraction of sp³-hybridized carbons (Fsp3) is 0.214. The van der Waals surface area contributed by atoms with Gasteiger partial charge < -0.3 is 4.98 Å². The molecule has 0 saturated carbocycles. The molecule has 2 heterocycles. The third-order valence-corrected chi connectivity index (χ3v) is 3.16. The van der Waals surface area contributed by atoms with Crippen molar-refractivity contribution in [2.45, 2.75) is 19.8 Å². The number of nitrogens with zero attached hydrogens (tertiary/aromatic N) is 3. The molecule has 2 aromatic heterocycles. The molecule has 0 aliphatic carbocycles. The molecule has 0 radical (unpaired) electrons. The molecule has 0 atom stereocenters. The summed E-state index contributed by atoms with van der Waals surface area (Å²) in [5.74, 6) is -2.50. The Morgan fingerprint density at radius 1 is 1.33 bits per heavy atom. The Hall–Kier alpha value is -2.57. The second-order valence-electron chi connectivity index (χ2n) is 4.88. The van der Waals surface area contributed by atoms with E-state index in [0.29, 0.717) is 11.5 Å². The van der Waals surface area contributed by atoms with Crippen molar-refractivity contribution < 1.29 is 8.78 Å². The highest BCUT2D eigenvalue weighted by molar-refractivity contribution is 5.72. The van der Waals surface area contributed by atoms with E-state index in [9.17, 15) is 13.6 Å². The topological polar surface area (TPSA) is 63.6 Å². The van der Waals surface area contributed by atoms with Crippen LogP contribution in [0.4, 0.5) is 8.78 Å². The first kappa shape index (κ1) is 13.4. The van der Waals surface area contributed by atoms with Crippen LogP contribution in [0.3, 0.4) is 0 Å². The van der Waals surface area contributed by atoms with Crippen LogP contribution in [0.1, 0.15) is 18.3 Å². The van der Waals surface area contributed by atoms with E-state index in [1.807, 2.05) is 0 Å². The van der Waals surface area contributed by atoms with Crippen molar-refractivity contribution in [1.29, 1.82) is 0 Å². The van der Waals surface area contributed by atoms with Gasteiger partial charge in [-0.25, -0.2) is 18.7 Å². The zero-order chi connectivity index (χ0) is 15.2. The van der Waals surface area contributed by atoms with E-state index in [4.69, 9.17) is 0 Å². The van der Waals surface area contributed by atoms with E-state index in [1.165, 1.54) is 29.1 Å². The highest BCUT2D eigenvalue weighted by atomic mass is 19.3. The van der Waals surface area contributed by atoms with Gasteiger partial charge in [0.25, 0.3) is 11.5 Å². The standard InChI is InChI=1S/C14H12F2N4O/c1-8-18-12-11(13(21)19-8)20(7-17-12)10-5-3-4-9(6-10)14(2,15)16/h3-7H,1-2H3,(H,18,19,21). The van der Waals surface area contributed by atoms with Crippen molar-refractivity contribution in [3.05, 3.63) is 52.3 Å². The highest BCUT2D eigenvalue weighted by Gasteiger charge is 2.24. The van der Waals surface area contributed by atoms with Crippen molar-refractivity contribution in [3.63, 3.8) is 0 Å². The van der Waals surface area contributed by atoms with Crippen LogP contribution in [0.15, 0.2) is 35.4 Å². The summed E-state index contributed by atoms with van der Waals surface area (Å²) in [6.07, 6.45) is 1.40. The van der Waals surface area contributed by atoms with Gasteiger partial charge in [-0.05, 0) is 19.1 Å². The summed E-state index contributed by atoms with van der Waals surface area (Å²) in [5, 5.41) is 0. The SMILES string of the molecule is Cc1nc2ncn(-c3cccc(C(C)(F)F)c3)c2c(=O)[nH]1. The van der Waals surface area contributed by atoms with Crippen LogP contribution in [0.5, 0.6) is 0 Å². The number of halogens is 2. The minimum absolute atomic E-state index is 0.127. The fourth-order valence-corrected chi connectivity index (χ4v) is 2.17. The zero-order valence-electron chi connectivity index (χ0n) is 11.4. The molecule has 0 aliphatic heterocycles. The quantitative estimate of drug-likeness (QED) is 0.788. The average Bonchev–Trinajstić information content (AvgIpc) is 2.82. The number of aryl methyl sites for hydroxylation is 1. The van der Waals surface area contributed by atoms with Crippen molar-refractivity contribution >= 4 is 11.2 Å². The normalized spacial score (nSPS) is 12.0. The molecule has 0 bridgehead atoms. The Morgan fingerprint density at radius 2 is 2.10 bits per heavy atom. The number of alkyl halides is 2. The van der Waals surface area contributed by atoms with Gasteiger partial charge in [0.05, 0.1) is 0 Å². The van der Waals surface area contributed by atoms with E-state index < -0.39 is 5.92 Å². The number of benzene rings is 1. The summed E-state index contributed by atoms with van der Waals surface area (Å²) in [5.41, 5.74) is 0.469. The Kier molecular flexibility index (Phi) is 2.86. The molecule has 0 unspecified atom stereocenters. The van der Waals surface area contributed by atoms with E-state index >= 15 is 0 Å². The van der Waals surface area contributed by atoms with Gasteiger partial charge in [-0.1, -0.05) is 12.1 Å². The number of H-pyrrole nitrogens is 1. The van der Waals surface area contributed by atoms with E-state index in [1.54, 1.807) is 13.0 Å². The molecule has 0 aliphatic rings. The predicted molar refractivity (Wildman–Crippen MR) is 73.8 cm³/mol. The number of aromatic nitrogens is 4. The maximum Gasteiger partial charge on any atom is 0.277 e. The van der Waals surface area contributed by atoms with Crippen molar-refractivity contribution in [2.24, 2.45) is 0 Å². The lowest BCUT2D eigenvalue weighted by Gasteiger charge is -2.12. The molecule has 5 nitrogen and oxygen atoms in total. The van der Waals surface area contributed by atoms with Gasteiger partial charge in [-0.3, -0.25) is 9.36 Å². The lowest BCUT2D eigenvalue weighted by molar-refractivity contribution is 0.0174. The summed E-state index contributed by atoms with van der Waals surface area (Å²) in [6, 6.07) is 5.83. The molecule has 0 amide bonds. The van der Waals surface area contributed by atoms with Crippen LogP contribution in [-0.4, -0.2) is 19.5 Å². The Bertz CT molecular complexity index is 877. The lowest BCUT2D eigenvalue weighted by Crippen LogP contribution is -2.13. The van der Waals surface area contributed by atoms with Crippen LogP contribution < -0.4 is 5.56 Å². The molecular formula is C14H12F2N4O. The number of nitrogens with one attached hydrogen (secondary N) is 1. The summed E-state index contributed by atoms with van der Waals surface area (Å²) in [6.45, 7) is 2.48. The second kappa shape index (κ2) is 4.47. The Balaban J connectivity index is 2.24. The zero-order valence-corrected chi connectivity index (χ0v) is 11.4. The number of fused-ring (bicyclic) bond motifs is 1. The van der Waals surface area contributed by atoms with Gasteiger partial charge in [0.1, 0.15) is 12.2 Å². The molecule has 1 N–H and O–H groups in total. The molecule has 0 spiro atoms. The first-order valence-corrected chi connectivity index (χ1v) is 6.29. The summed E-state index contributed by atoms with van der Waals surface area (Å²) >= 11 is 0. The van der Waals surface area contributed by atoms with Crippen LogP contribution in [0.25, 0.3) is 16.9 Å². The van der Waals surface area contributed by atoms with Crippen molar-refractivity contribution in [2.75, 3.05) is 0 Å². The minimum atomic E-state index is -2.95. The smallest absolute Gasteiger partial charge is 0.277 e. The van der Waals surface area contributed by atoms with Gasteiger partial charge in [0.15, 0.2) is 11.2 Å². The molecule has 21 heavy (non-hydrogen) atoms. The van der Waals surface area contributed by atoms with Crippen LogP contribution >= 0.6 is 0 Å². The average molecular weight is 290 g/mol. The number of hydrogen-bond donors (Lipinski definition) is 1. The van der Waals surface area contributed by atoms with Crippen LogP contribution in [0.2, 0.25) is 0 Å². The largest absolute Gasteiger partial charge is 0.309 e. The molecule has 1 aromatic carbocycles. The fourth-order valence-electron chi connectivity index (χ4n) is 2.17. The van der Waals surface area contributed by atoms with E-state index in [-0.39, 0.29) is 22.3 Å². The van der Waals surface area contributed by atoms with Crippen LogP contribution in [0, 0.1) is 6.92 Å². The number of imidazole rings is 1. The van der Waals surface area contributed by atoms with Gasteiger partial charge >= 0.3 is 0 Å². The molecule has 0 saturated heterocycles. The van der Waals surface area contributed by atoms with Gasteiger partial charge in [-0.15, -0.1) is 0 Å². The molecule has 7 heteroatoms. The van der Waals surface area contributed by atoms with Crippen molar-refractivity contribution in [3.8, 4) is 5.69 Å². The minimum Gasteiger partial charge on any atom is -0.309 e. The first-order valence-electron chi connectivity index (χ1n) is 6.29. The van der Waals surface area contributed by atoms with Gasteiger partial charge in [0.2, 0.25) is 0 Å². The van der Waals surface area contributed by atoms with Gasteiger partial charge in [-0.2, -0.15) is 0 Å². The molecular weight excluding hydrogens is 278 g/mol. The lowest BCUT2D eigenvalue weighted by atomic mass is 10.1. The molecule has 0 fully saturated rings. The monoisotopic (exact) mass is 290 g/mol. The summed E-state index contributed by atoms with van der Waals surface area (Å²) in [7, 11) is 0. The Morgan fingerprint density at radius 3 is 2.81 bits per heavy atom. The molecule has 108 valence electrons. The maximum atomic E-state index is 13.4. The number of hydrogen-bond acceptors (Lipinski definition) is 3. The number of rotatable bonds is 2. The Labute approximate surface area is 118 Å². The predicted octanol–water partition coefficient (Wildman–Crippen LogP) is 2.53. The first-order chi connectivity index (χ1) is 9.86. The maximum absolute atomic E-state index is 13.4. The summed E-state index contributed by atoms with van der Waals surface area (Å²) in [4.78, 5) is 22.8.